The third-order valence-electron chi connectivity index (χ3n) is 2.84. The molecule has 2 rings (SSSR count). The van der Waals surface area contributed by atoms with Crippen LogP contribution in [0, 0.1) is 5.92 Å². The van der Waals surface area contributed by atoms with Crippen molar-refractivity contribution < 1.29 is 14.3 Å². The van der Waals surface area contributed by atoms with Gasteiger partial charge in [-0.1, -0.05) is 22.9 Å². The van der Waals surface area contributed by atoms with E-state index in [1.807, 2.05) is 12.1 Å². The Morgan fingerprint density at radius 3 is 2.90 bits per heavy atom. The van der Waals surface area contributed by atoms with Gasteiger partial charge in [-0.25, -0.2) is 4.79 Å². The highest BCUT2D eigenvalue weighted by Crippen LogP contribution is 2.25. The highest BCUT2D eigenvalue weighted by molar-refractivity contribution is 9.10. The van der Waals surface area contributed by atoms with Gasteiger partial charge in [0, 0.05) is 27.4 Å². The molecule has 1 N–H and O–H groups in total. The minimum atomic E-state index is -0.807. The number of carboxylic acid groups (broad SMARTS) is 1. The second kappa shape index (κ2) is 6.45. The first-order valence-electron chi connectivity index (χ1n) is 6.00. The number of halogens is 1. The summed E-state index contributed by atoms with van der Waals surface area (Å²) < 4.78 is 6.00. The van der Waals surface area contributed by atoms with Crippen LogP contribution in [0.15, 0.2) is 37.9 Å². The van der Waals surface area contributed by atoms with Crippen LogP contribution < -0.4 is 5.63 Å². The van der Waals surface area contributed by atoms with Crippen molar-refractivity contribution >= 4 is 44.6 Å². The smallest absolute Gasteiger partial charge is 0.336 e. The molecule has 4 nitrogen and oxygen atoms in total. The summed E-state index contributed by atoms with van der Waals surface area (Å²) in [6.45, 7) is 1.67. The number of rotatable bonds is 5. The molecule has 1 atom stereocenters. The number of aliphatic carboxylic acids is 1. The van der Waals surface area contributed by atoms with Crippen molar-refractivity contribution in [2.45, 2.75) is 12.7 Å². The molecule has 0 saturated heterocycles. The molecule has 1 aromatic heterocycles. The molecular formula is C14H13BrO4S. The molecule has 2 aromatic rings. The lowest BCUT2D eigenvalue weighted by atomic mass is 10.1. The topological polar surface area (TPSA) is 67.5 Å². The first-order chi connectivity index (χ1) is 9.47. The Bertz CT molecular complexity index is 695. The van der Waals surface area contributed by atoms with Crippen LogP contribution in [0.25, 0.3) is 11.0 Å². The summed E-state index contributed by atoms with van der Waals surface area (Å²) in [4.78, 5) is 22.3. The summed E-state index contributed by atoms with van der Waals surface area (Å²) in [5.74, 6) is -0.117. The van der Waals surface area contributed by atoms with Gasteiger partial charge < -0.3 is 9.52 Å². The van der Waals surface area contributed by atoms with E-state index < -0.39 is 17.5 Å². The third kappa shape index (κ3) is 3.64. The average Bonchev–Trinajstić information content (AvgIpc) is 2.37. The molecule has 0 amide bonds. The lowest BCUT2D eigenvalue weighted by molar-refractivity contribution is -0.140. The maximum absolute atomic E-state index is 11.5. The van der Waals surface area contributed by atoms with E-state index >= 15 is 0 Å². The zero-order chi connectivity index (χ0) is 14.7. The molecule has 0 bridgehead atoms. The van der Waals surface area contributed by atoms with Crippen molar-refractivity contribution in [1.29, 1.82) is 0 Å². The second-order valence-electron chi connectivity index (χ2n) is 4.49. The Morgan fingerprint density at radius 1 is 1.45 bits per heavy atom. The molecule has 0 spiro atoms. The fraction of sp³-hybridized carbons (Fsp3) is 0.286. The van der Waals surface area contributed by atoms with Gasteiger partial charge in [-0.15, -0.1) is 0 Å². The molecule has 0 radical (unpaired) electrons. The number of fused-ring (bicyclic) bond motifs is 1. The van der Waals surface area contributed by atoms with Gasteiger partial charge in [0.2, 0.25) is 0 Å². The Balaban J connectivity index is 2.21. The summed E-state index contributed by atoms with van der Waals surface area (Å²) in [6, 6.07) is 6.99. The summed E-state index contributed by atoms with van der Waals surface area (Å²) in [7, 11) is 0. The number of hydrogen-bond donors (Lipinski definition) is 1. The molecular weight excluding hydrogens is 344 g/mol. The van der Waals surface area contributed by atoms with Crippen molar-refractivity contribution in [2.24, 2.45) is 5.92 Å². The summed E-state index contributed by atoms with van der Waals surface area (Å²) in [5, 5.41) is 9.72. The van der Waals surface area contributed by atoms with Crippen molar-refractivity contribution in [2.75, 3.05) is 5.75 Å². The standard InChI is InChI=1S/C14H13BrO4S/c1-8(14(17)18)6-20-7-9-4-13(16)19-12-5-10(15)2-3-11(9)12/h2-5,8H,6-7H2,1H3,(H,17,18). The first-order valence-corrected chi connectivity index (χ1v) is 7.95. The van der Waals surface area contributed by atoms with Crippen LogP contribution in [0.1, 0.15) is 12.5 Å². The van der Waals surface area contributed by atoms with Gasteiger partial charge in [-0.05, 0) is 23.8 Å². The van der Waals surface area contributed by atoms with E-state index in [0.717, 1.165) is 15.4 Å². The summed E-state index contributed by atoms with van der Waals surface area (Å²) >= 11 is 4.83. The molecule has 6 heteroatoms. The predicted octanol–water partition coefficient (Wildman–Crippen LogP) is 3.51. The summed E-state index contributed by atoms with van der Waals surface area (Å²) in [6.07, 6.45) is 0. The number of carboxylic acids is 1. The Kier molecular flexibility index (Phi) is 4.88. The van der Waals surface area contributed by atoms with Crippen LogP contribution in [0.2, 0.25) is 0 Å². The van der Waals surface area contributed by atoms with E-state index in [1.54, 1.807) is 13.0 Å². The SMILES string of the molecule is CC(CSCc1cc(=O)oc2cc(Br)ccc12)C(=O)O. The van der Waals surface area contributed by atoms with Crippen molar-refractivity contribution in [1.82, 2.24) is 0 Å². The van der Waals surface area contributed by atoms with E-state index in [-0.39, 0.29) is 0 Å². The lowest BCUT2D eigenvalue weighted by Gasteiger charge is -2.07. The number of carbonyl (C=O) groups is 1. The monoisotopic (exact) mass is 356 g/mol. The van der Waals surface area contributed by atoms with E-state index in [1.165, 1.54) is 17.8 Å². The largest absolute Gasteiger partial charge is 0.481 e. The molecule has 20 heavy (non-hydrogen) atoms. The maximum Gasteiger partial charge on any atom is 0.336 e. The molecule has 0 aliphatic rings. The van der Waals surface area contributed by atoms with Crippen molar-refractivity contribution in [3.8, 4) is 0 Å². The molecule has 1 aromatic carbocycles. The molecule has 106 valence electrons. The Labute approximate surface area is 128 Å². The lowest BCUT2D eigenvalue weighted by Crippen LogP contribution is -2.12. The molecule has 0 saturated carbocycles. The normalized spacial score (nSPS) is 12.5. The fourth-order valence-electron chi connectivity index (χ4n) is 1.74. The van der Waals surface area contributed by atoms with Crippen LogP contribution in [-0.4, -0.2) is 16.8 Å². The molecule has 0 fully saturated rings. The van der Waals surface area contributed by atoms with Crippen LogP contribution in [0.5, 0.6) is 0 Å². The van der Waals surface area contributed by atoms with Crippen LogP contribution >= 0.6 is 27.7 Å². The highest BCUT2D eigenvalue weighted by Gasteiger charge is 2.12. The quantitative estimate of drug-likeness (QED) is 0.830. The van der Waals surface area contributed by atoms with Crippen LogP contribution in [0.4, 0.5) is 0 Å². The van der Waals surface area contributed by atoms with Gasteiger partial charge >= 0.3 is 11.6 Å². The summed E-state index contributed by atoms with van der Waals surface area (Å²) in [5.41, 5.74) is 1.01. The van der Waals surface area contributed by atoms with Crippen LogP contribution in [-0.2, 0) is 10.5 Å². The van der Waals surface area contributed by atoms with E-state index in [4.69, 9.17) is 9.52 Å². The van der Waals surface area contributed by atoms with Crippen LogP contribution in [0.3, 0.4) is 0 Å². The van der Waals surface area contributed by atoms with Gasteiger partial charge in [-0.3, -0.25) is 4.79 Å². The van der Waals surface area contributed by atoms with Gasteiger partial charge in [0.15, 0.2) is 0 Å². The zero-order valence-electron chi connectivity index (χ0n) is 10.8. The molecule has 0 aliphatic heterocycles. The minimum Gasteiger partial charge on any atom is -0.481 e. The van der Waals surface area contributed by atoms with Gasteiger partial charge in [0.05, 0.1) is 5.92 Å². The second-order valence-corrected chi connectivity index (χ2v) is 6.43. The maximum atomic E-state index is 11.5. The first kappa shape index (κ1) is 15.1. The fourth-order valence-corrected chi connectivity index (χ4v) is 3.15. The van der Waals surface area contributed by atoms with Crippen molar-refractivity contribution in [3.05, 3.63) is 44.7 Å². The van der Waals surface area contributed by atoms with E-state index in [0.29, 0.717) is 17.1 Å². The molecule has 0 aliphatic carbocycles. The average molecular weight is 357 g/mol. The molecule has 1 heterocycles. The van der Waals surface area contributed by atoms with E-state index in [2.05, 4.69) is 15.9 Å². The Hall–Kier alpha value is -1.27. The third-order valence-corrected chi connectivity index (χ3v) is 4.58. The van der Waals surface area contributed by atoms with Crippen molar-refractivity contribution in [3.63, 3.8) is 0 Å². The van der Waals surface area contributed by atoms with Gasteiger partial charge in [0.25, 0.3) is 0 Å². The van der Waals surface area contributed by atoms with E-state index in [9.17, 15) is 9.59 Å². The predicted molar refractivity (Wildman–Crippen MR) is 83.1 cm³/mol. The highest BCUT2D eigenvalue weighted by atomic mass is 79.9. The van der Waals surface area contributed by atoms with Gasteiger partial charge in [-0.2, -0.15) is 11.8 Å². The Morgan fingerprint density at radius 2 is 2.20 bits per heavy atom. The van der Waals surface area contributed by atoms with Gasteiger partial charge in [0.1, 0.15) is 5.58 Å². The number of benzene rings is 1. The number of thioether (sulfide) groups is 1. The zero-order valence-corrected chi connectivity index (χ0v) is 13.2. The minimum absolute atomic E-state index is 0.391. The number of hydrogen-bond acceptors (Lipinski definition) is 4. The molecule has 1 unspecified atom stereocenters.